The second kappa shape index (κ2) is 5.12. The van der Waals surface area contributed by atoms with Crippen molar-refractivity contribution in [2.75, 3.05) is 23.8 Å². The van der Waals surface area contributed by atoms with Crippen molar-refractivity contribution in [3.8, 4) is 0 Å². The van der Waals surface area contributed by atoms with Crippen molar-refractivity contribution in [2.24, 2.45) is 5.92 Å². The van der Waals surface area contributed by atoms with Crippen LogP contribution in [0.4, 0.5) is 11.6 Å². The molecule has 1 aromatic heterocycles. The fourth-order valence-electron chi connectivity index (χ4n) is 2.38. The topological polar surface area (TPSA) is 41.1 Å². The molecule has 1 aromatic rings. The van der Waals surface area contributed by atoms with Crippen molar-refractivity contribution in [1.29, 1.82) is 0 Å². The lowest BCUT2D eigenvalue weighted by molar-refractivity contribution is 0.601. The number of aromatic nitrogens is 2. The predicted molar refractivity (Wildman–Crippen MR) is 76.3 cm³/mol. The molecule has 1 aliphatic carbocycles. The van der Waals surface area contributed by atoms with Gasteiger partial charge in [-0.2, -0.15) is 0 Å². The van der Waals surface area contributed by atoms with Crippen molar-refractivity contribution in [3.05, 3.63) is 11.4 Å². The van der Waals surface area contributed by atoms with E-state index in [9.17, 15) is 0 Å². The lowest BCUT2D eigenvalue weighted by Gasteiger charge is -2.28. The van der Waals surface area contributed by atoms with Crippen LogP contribution in [0, 0.1) is 19.8 Å². The molecule has 0 spiro atoms. The molecule has 1 fully saturated rings. The van der Waals surface area contributed by atoms with Gasteiger partial charge >= 0.3 is 0 Å². The summed E-state index contributed by atoms with van der Waals surface area (Å²) in [4.78, 5) is 11.4. The normalized spacial score (nSPS) is 16.5. The Morgan fingerprint density at radius 1 is 1.33 bits per heavy atom. The average Bonchev–Trinajstić information content (AvgIpc) is 3.16. The molecule has 1 heterocycles. The van der Waals surface area contributed by atoms with Gasteiger partial charge in [0.15, 0.2) is 0 Å². The zero-order chi connectivity index (χ0) is 13.3. The Balaban J connectivity index is 2.30. The Kier molecular flexibility index (Phi) is 3.73. The maximum Gasteiger partial charge on any atom is 0.137 e. The molecular formula is C14H24N4. The molecule has 0 aromatic carbocycles. The van der Waals surface area contributed by atoms with Crippen molar-refractivity contribution in [1.82, 2.24) is 9.97 Å². The molecule has 0 aliphatic heterocycles. The summed E-state index contributed by atoms with van der Waals surface area (Å²) in [6.07, 6.45) is 2.71. The van der Waals surface area contributed by atoms with Crippen LogP contribution in [0.3, 0.4) is 0 Å². The lowest BCUT2D eigenvalue weighted by Crippen LogP contribution is -2.32. The molecule has 0 bridgehead atoms. The van der Waals surface area contributed by atoms with Crippen molar-refractivity contribution in [3.63, 3.8) is 0 Å². The van der Waals surface area contributed by atoms with Crippen LogP contribution in [0.5, 0.6) is 0 Å². The van der Waals surface area contributed by atoms with E-state index in [0.29, 0.717) is 6.04 Å². The Morgan fingerprint density at radius 3 is 2.56 bits per heavy atom. The summed E-state index contributed by atoms with van der Waals surface area (Å²) in [5.41, 5.74) is 1.15. The quantitative estimate of drug-likeness (QED) is 0.870. The summed E-state index contributed by atoms with van der Waals surface area (Å²) in [5.74, 6) is 3.71. The molecule has 1 unspecified atom stereocenters. The molecule has 2 rings (SSSR count). The molecule has 1 N–H and O–H groups in total. The Hall–Kier alpha value is -1.32. The SMILES string of the molecule is CCNc1nc(C)nc(N(C)C(C)C2CC2)c1C. The highest BCUT2D eigenvalue weighted by Gasteiger charge is 2.31. The van der Waals surface area contributed by atoms with Gasteiger partial charge in [-0.15, -0.1) is 0 Å². The van der Waals surface area contributed by atoms with E-state index in [1.807, 2.05) is 6.92 Å². The van der Waals surface area contributed by atoms with E-state index < -0.39 is 0 Å². The van der Waals surface area contributed by atoms with Gasteiger partial charge in [0, 0.05) is 25.2 Å². The number of anilines is 2. The summed E-state index contributed by atoms with van der Waals surface area (Å²) < 4.78 is 0. The molecule has 100 valence electrons. The summed E-state index contributed by atoms with van der Waals surface area (Å²) >= 11 is 0. The monoisotopic (exact) mass is 248 g/mol. The van der Waals surface area contributed by atoms with Crippen LogP contribution in [0.2, 0.25) is 0 Å². The molecule has 1 saturated carbocycles. The van der Waals surface area contributed by atoms with Gasteiger partial charge in [-0.3, -0.25) is 0 Å². The van der Waals surface area contributed by atoms with Crippen molar-refractivity contribution < 1.29 is 0 Å². The van der Waals surface area contributed by atoms with Gasteiger partial charge in [-0.25, -0.2) is 9.97 Å². The Bertz CT molecular complexity index is 426. The average molecular weight is 248 g/mol. The number of nitrogens with zero attached hydrogens (tertiary/aromatic N) is 3. The summed E-state index contributed by atoms with van der Waals surface area (Å²) in [6, 6.07) is 0.562. The highest BCUT2D eigenvalue weighted by molar-refractivity contribution is 5.58. The number of aryl methyl sites for hydroxylation is 1. The van der Waals surface area contributed by atoms with E-state index in [4.69, 9.17) is 0 Å². The standard InChI is InChI=1S/C14H24N4/c1-6-15-13-9(2)14(17-11(4)16-13)18(5)10(3)12-7-8-12/h10,12H,6-8H2,1-5H3,(H,15,16,17). The minimum absolute atomic E-state index is 0.562. The van der Waals surface area contributed by atoms with Gasteiger partial charge in [0.2, 0.25) is 0 Å². The molecule has 0 radical (unpaired) electrons. The van der Waals surface area contributed by atoms with Gasteiger partial charge < -0.3 is 10.2 Å². The van der Waals surface area contributed by atoms with Crippen LogP contribution >= 0.6 is 0 Å². The lowest BCUT2D eigenvalue weighted by atomic mass is 10.1. The first-order valence-corrected chi connectivity index (χ1v) is 6.86. The van der Waals surface area contributed by atoms with Crippen LogP contribution in [0.1, 0.15) is 38.1 Å². The second-order valence-electron chi connectivity index (χ2n) is 5.29. The van der Waals surface area contributed by atoms with Crippen LogP contribution in [-0.2, 0) is 0 Å². The number of hydrogen-bond acceptors (Lipinski definition) is 4. The minimum Gasteiger partial charge on any atom is -0.370 e. The third kappa shape index (κ3) is 2.57. The second-order valence-corrected chi connectivity index (χ2v) is 5.29. The molecule has 0 amide bonds. The molecule has 1 atom stereocenters. The van der Waals surface area contributed by atoms with Crippen LogP contribution in [-0.4, -0.2) is 29.6 Å². The molecule has 4 nitrogen and oxygen atoms in total. The third-order valence-electron chi connectivity index (χ3n) is 3.83. The molecule has 4 heteroatoms. The van der Waals surface area contributed by atoms with Crippen LogP contribution in [0.25, 0.3) is 0 Å². The fourth-order valence-corrected chi connectivity index (χ4v) is 2.38. The predicted octanol–water partition coefficient (Wildman–Crippen LogP) is 2.76. The number of rotatable bonds is 5. The Labute approximate surface area is 110 Å². The summed E-state index contributed by atoms with van der Waals surface area (Å²) in [6.45, 7) is 9.33. The third-order valence-corrected chi connectivity index (χ3v) is 3.83. The maximum absolute atomic E-state index is 4.62. The maximum atomic E-state index is 4.62. The smallest absolute Gasteiger partial charge is 0.137 e. The molecular weight excluding hydrogens is 224 g/mol. The number of hydrogen-bond donors (Lipinski definition) is 1. The molecule has 1 aliphatic rings. The molecule has 0 saturated heterocycles. The number of nitrogens with one attached hydrogen (secondary N) is 1. The molecule has 18 heavy (non-hydrogen) atoms. The van der Waals surface area contributed by atoms with E-state index in [2.05, 4.69) is 48.0 Å². The van der Waals surface area contributed by atoms with E-state index >= 15 is 0 Å². The minimum atomic E-state index is 0.562. The van der Waals surface area contributed by atoms with E-state index in [1.165, 1.54) is 12.8 Å². The summed E-state index contributed by atoms with van der Waals surface area (Å²) in [7, 11) is 2.15. The first-order valence-electron chi connectivity index (χ1n) is 6.86. The van der Waals surface area contributed by atoms with Gasteiger partial charge in [0.05, 0.1) is 0 Å². The highest BCUT2D eigenvalue weighted by atomic mass is 15.2. The Morgan fingerprint density at radius 2 is 2.00 bits per heavy atom. The first-order chi connectivity index (χ1) is 8.54. The van der Waals surface area contributed by atoms with Gasteiger partial charge in [-0.05, 0) is 46.5 Å². The van der Waals surface area contributed by atoms with E-state index in [0.717, 1.165) is 35.5 Å². The fraction of sp³-hybridized carbons (Fsp3) is 0.714. The van der Waals surface area contributed by atoms with E-state index in [-0.39, 0.29) is 0 Å². The van der Waals surface area contributed by atoms with Crippen molar-refractivity contribution in [2.45, 2.75) is 46.6 Å². The summed E-state index contributed by atoms with van der Waals surface area (Å²) in [5, 5.41) is 3.32. The largest absolute Gasteiger partial charge is 0.370 e. The zero-order valence-electron chi connectivity index (χ0n) is 12.1. The van der Waals surface area contributed by atoms with Gasteiger partial charge in [-0.1, -0.05) is 0 Å². The van der Waals surface area contributed by atoms with Gasteiger partial charge in [0.1, 0.15) is 17.5 Å². The first kappa shape index (κ1) is 13.1. The van der Waals surface area contributed by atoms with Crippen LogP contribution < -0.4 is 10.2 Å². The highest BCUT2D eigenvalue weighted by Crippen LogP contribution is 2.37. The van der Waals surface area contributed by atoms with Crippen molar-refractivity contribution >= 4 is 11.6 Å². The van der Waals surface area contributed by atoms with Gasteiger partial charge in [0.25, 0.3) is 0 Å². The van der Waals surface area contributed by atoms with E-state index in [1.54, 1.807) is 0 Å². The van der Waals surface area contributed by atoms with Crippen LogP contribution in [0.15, 0.2) is 0 Å². The zero-order valence-corrected chi connectivity index (χ0v) is 12.1.